The lowest BCUT2D eigenvalue weighted by Crippen LogP contribution is -2.41. The molecule has 7 heteroatoms. The van der Waals surface area contributed by atoms with Gasteiger partial charge in [-0.3, -0.25) is 9.59 Å². The second kappa shape index (κ2) is 7.43. The third kappa shape index (κ3) is 4.20. The molecule has 2 aromatic rings. The maximum absolute atomic E-state index is 12.5. The van der Waals surface area contributed by atoms with Crippen LogP contribution < -0.4 is 10.6 Å². The second-order valence-electron chi connectivity index (χ2n) is 5.64. The van der Waals surface area contributed by atoms with Crippen LogP contribution >= 0.6 is 34.8 Å². The summed E-state index contributed by atoms with van der Waals surface area (Å²) in [6, 6.07) is 11.5. The molecule has 0 saturated carbocycles. The molecule has 2 rings (SSSR count). The maximum atomic E-state index is 12.5. The fourth-order valence-electron chi connectivity index (χ4n) is 1.84. The molecule has 0 saturated heterocycles. The van der Waals surface area contributed by atoms with E-state index in [2.05, 4.69) is 10.6 Å². The van der Waals surface area contributed by atoms with Crippen LogP contribution in [0.2, 0.25) is 15.1 Å². The fourth-order valence-corrected chi connectivity index (χ4v) is 2.53. The van der Waals surface area contributed by atoms with E-state index in [9.17, 15) is 9.59 Å². The molecule has 2 amide bonds. The highest BCUT2D eigenvalue weighted by atomic mass is 35.5. The van der Waals surface area contributed by atoms with E-state index in [1.165, 1.54) is 13.8 Å². The van der Waals surface area contributed by atoms with Crippen molar-refractivity contribution in [1.29, 1.82) is 0 Å². The average molecular weight is 386 g/mol. The number of hydrogen-bond acceptors (Lipinski definition) is 2. The topological polar surface area (TPSA) is 58.2 Å². The second-order valence-corrected chi connectivity index (χ2v) is 6.89. The molecule has 0 aliphatic heterocycles. The molecule has 0 atom stereocenters. The zero-order chi connectivity index (χ0) is 17.9. The number of rotatable bonds is 4. The first kappa shape index (κ1) is 18.6. The summed E-state index contributed by atoms with van der Waals surface area (Å²) in [6.07, 6.45) is 0. The lowest BCUT2D eigenvalue weighted by atomic mass is 9.90. The Morgan fingerprint density at radius 2 is 1.42 bits per heavy atom. The molecule has 126 valence electrons. The maximum Gasteiger partial charge on any atom is 0.239 e. The van der Waals surface area contributed by atoms with Crippen LogP contribution in [0.4, 0.5) is 11.4 Å². The minimum absolute atomic E-state index is 0.273. The van der Waals surface area contributed by atoms with Gasteiger partial charge in [0.1, 0.15) is 5.41 Å². The highest BCUT2D eigenvalue weighted by Gasteiger charge is 2.36. The monoisotopic (exact) mass is 384 g/mol. The predicted octanol–water partition coefficient (Wildman–Crippen LogP) is 5.25. The molecule has 0 unspecified atom stereocenters. The minimum Gasteiger partial charge on any atom is -0.325 e. The van der Waals surface area contributed by atoms with Gasteiger partial charge in [0.2, 0.25) is 11.8 Å². The Hall–Kier alpha value is -1.75. The molecule has 0 aliphatic rings. The van der Waals surface area contributed by atoms with Crippen LogP contribution in [0.15, 0.2) is 42.5 Å². The largest absolute Gasteiger partial charge is 0.325 e. The molecule has 2 aromatic carbocycles. The zero-order valence-electron chi connectivity index (χ0n) is 13.0. The Kier molecular flexibility index (Phi) is 5.75. The van der Waals surface area contributed by atoms with Gasteiger partial charge in [-0.1, -0.05) is 46.9 Å². The number of hydrogen-bond donors (Lipinski definition) is 2. The third-order valence-electron chi connectivity index (χ3n) is 3.42. The van der Waals surface area contributed by atoms with Crippen LogP contribution in [0, 0.1) is 5.41 Å². The van der Waals surface area contributed by atoms with Crippen molar-refractivity contribution < 1.29 is 9.59 Å². The number of benzene rings is 2. The van der Waals surface area contributed by atoms with Crippen molar-refractivity contribution in [2.45, 2.75) is 13.8 Å². The van der Waals surface area contributed by atoms with Crippen molar-refractivity contribution in [2.24, 2.45) is 5.41 Å². The molecule has 0 radical (unpaired) electrons. The van der Waals surface area contributed by atoms with Gasteiger partial charge in [-0.2, -0.15) is 0 Å². The normalized spacial score (nSPS) is 11.0. The smallest absolute Gasteiger partial charge is 0.239 e. The number of carbonyl (C=O) groups excluding carboxylic acids is 2. The summed E-state index contributed by atoms with van der Waals surface area (Å²) in [4.78, 5) is 25.0. The van der Waals surface area contributed by atoms with Gasteiger partial charge in [-0.25, -0.2) is 0 Å². The van der Waals surface area contributed by atoms with E-state index >= 15 is 0 Å². The Labute approximate surface area is 155 Å². The van der Waals surface area contributed by atoms with Gasteiger partial charge in [0, 0.05) is 10.7 Å². The molecule has 0 fully saturated rings. The number of para-hydroxylation sites is 1. The van der Waals surface area contributed by atoms with E-state index in [0.717, 1.165) is 0 Å². The highest BCUT2D eigenvalue weighted by Crippen LogP contribution is 2.32. The first-order chi connectivity index (χ1) is 11.2. The molecule has 0 aromatic heterocycles. The van der Waals surface area contributed by atoms with Crippen molar-refractivity contribution in [2.75, 3.05) is 10.6 Å². The summed E-state index contributed by atoms with van der Waals surface area (Å²) >= 11 is 18.0. The number of carbonyl (C=O) groups is 2. The lowest BCUT2D eigenvalue weighted by molar-refractivity contribution is -0.135. The summed E-state index contributed by atoms with van der Waals surface area (Å²) < 4.78 is 0. The Morgan fingerprint density at radius 3 is 2.00 bits per heavy atom. The summed E-state index contributed by atoms with van der Waals surface area (Å²) in [5.41, 5.74) is -0.580. The van der Waals surface area contributed by atoms with Crippen molar-refractivity contribution in [3.05, 3.63) is 57.5 Å². The van der Waals surface area contributed by atoms with Crippen molar-refractivity contribution in [3.8, 4) is 0 Å². The van der Waals surface area contributed by atoms with Crippen LogP contribution in [-0.2, 0) is 9.59 Å². The number of anilines is 2. The quantitative estimate of drug-likeness (QED) is 0.706. The fraction of sp³-hybridized carbons (Fsp3) is 0.176. The Balaban J connectivity index is 2.16. The molecule has 2 N–H and O–H groups in total. The van der Waals surface area contributed by atoms with Crippen molar-refractivity contribution in [1.82, 2.24) is 0 Å². The number of amides is 2. The van der Waals surface area contributed by atoms with Gasteiger partial charge in [0.05, 0.1) is 15.7 Å². The Bertz CT molecular complexity index is 771. The van der Waals surface area contributed by atoms with Crippen LogP contribution in [0.5, 0.6) is 0 Å². The van der Waals surface area contributed by atoms with Gasteiger partial charge < -0.3 is 10.6 Å². The van der Waals surface area contributed by atoms with Crippen LogP contribution in [-0.4, -0.2) is 11.8 Å². The highest BCUT2D eigenvalue weighted by molar-refractivity contribution is 6.40. The molecule has 4 nitrogen and oxygen atoms in total. The van der Waals surface area contributed by atoms with Gasteiger partial charge in [0.25, 0.3) is 0 Å². The molecule has 0 bridgehead atoms. The van der Waals surface area contributed by atoms with Gasteiger partial charge in [-0.05, 0) is 44.2 Å². The zero-order valence-corrected chi connectivity index (χ0v) is 15.3. The van der Waals surface area contributed by atoms with E-state index in [4.69, 9.17) is 34.8 Å². The van der Waals surface area contributed by atoms with Gasteiger partial charge >= 0.3 is 0 Å². The van der Waals surface area contributed by atoms with E-state index in [1.54, 1.807) is 42.5 Å². The molecular weight excluding hydrogens is 371 g/mol. The van der Waals surface area contributed by atoms with Crippen LogP contribution in [0.1, 0.15) is 13.8 Å². The number of halogens is 3. The SMILES string of the molecule is CC(C)(C(=O)Nc1cccc(Cl)c1)C(=O)Nc1c(Cl)cccc1Cl. The molecule has 0 aliphatic carbocycles. The first-order valence-electron chi connectivity index (χ1n) is 7.04. The predicted molar refractivity (Wildman–Crippen MR) is 99.0 cm³/mol. The molecular formula is C17H15Cl3N2O2. The van der Waals surface area contributed by atoms with E-state index in [-0.39, 0.29) is 5.69 Å². The number of nitrogens with one attached hydrogen (secondary N) is 2. The van der Waals surface area contributed by atoms with Gasteiger partial charge in [-0.15, -0.1) is 0 Å². The van der Waals surface area contributed by atoms with E-state index < -0.39 is 17.2 Å². The van der Waals surface area contributed by atoms with E-state index in [1.807, 2.05) is 0 Å². The lowest BCUT2D eigenvalue weighted by Gasteiger charge is -2.23. The summed E-state index contributed by atoms with van der Waals surface area (Å²) in [5.74, 6) is -1.01. The first-order valence-corrected chi connectivity index (χ1v) is 8.17. The van der Waals surface area contributed by atoms with Crippen molar-refractivity contribution >= 4 is 58.0 Å². The van der Waals surface area contributed by atoms with Crippen LogP contribution in [0.3, 0.4) is 0 Å². The average Bonchev–Trinajstić information content (AvgIpc) is 2.50. The summed E-state index contributed by atoms with van der Waals surface area (Å²) in [5, 5.41) is 6.35. The molecule has 0 heterocycles. The molecule has 0 spiro atoms. The van der Waals surface area contributed by atoms with Crippen molar-refractivity contribution in [3.63, 3.8) is 0 Å². The van der Waals surface area contributed by atoms with Gasteiger partial charge in [0.15, 0.2) is 0 Å². The summed E-state index contributed by atoms with van der Waals surface area (Å²) in [6.45, 7) is 3.01. The summed E-state index contributed by atoms with van der Waals surface area (Å²) in [7, 11) is 0. The molecule has 24 heavy (non-hydrogen) atoms. The third-order valence-corrected chi connectivity index (χ3v) is 4.28. The standard InChI is InChI=1S/C17H15Cl3N2O2/c1-17(2,15(23)21-11-6-3-5-10(18)9-11)16(24)22-14-12(19)7-4-8-13(14)20/h3-9H,1-2H3,(H,21,23)(H,22,24). The Morgan fingerprint density at radius 1 is 0.875 bits per heavy atom. The van der Waals surface area contributed by atoms with Crippen LogP contribution in [0.25, 0.3) is 0 Å². The minimum atomic E-state index is -1.36. The van der Waals surface area contributed by atoms with E-state index in [0.29, 0.717) is 20.8 Å².